The van der Waals surface area contributed by atoms with E-state index in [9.17, 15) is 23.1 Å². The van der Waals surface area contributed by atoms with Gasteiger partial charge in [-0.2, -0.15) is 0 Å². The number of carboxylic acid groups (broad SMARTS) is 1. The molecule has 1 aliphatic rings. The fraction of sp³-hybridized carbons (Fsp3) is 0.379. The highest BCUT2D eigenvalue weighted by atomic mass is 19.1. The summed E-state index contributed by atoms with van der Waals surface area (Å²) in [7, 11) is 1.52. The zero-order valence-electron chi connectivity index (χ0n) is 21.4. The molecule has 6 nitrogen and oxygen atoms in total. The zero-order chi connectivity index (χ0) is 28.2. The number of aromatic nitrogens is 1. The average molecular weight is 544 g/mol. The molecule has 3 N–H and O–H groups in total. The van der Waals surface area contributed by atoms with Gasteiger partial charge in [0.15, 0.2) is 0 Å². The summed E-state index contributed by atoms with van der Waals surface area (Å²) in [6, 6.07) is 6.31. The maximum atomic E-state index is 15.8. The van der Waals surface area contributed by atoms with Gasteiger partial charge in [0.1, 0.15) is 29.4 Å². The number of piperidine rings is 1. The van der Waals surface area contributed by atoms with E-state index in [4.69, 9.17) is 10.5 Å². The molecule has 0 bridgehead atoms. The van der Waals surface area contributed by atoms with Crippen molar-refractivity contribution in [2.45, 2.75) is 38.4 Å². The fourth-order valence-corrected chi connectivity index (χ4v) is 5.05. The zero-order valence-corrected chi connectivity index (χ0v) is 21.4. The van der Waals surface area contributed by atoms with Crippen molar-refractivity contribution in [2.24, 2.45) is 11.1 Å². The van der Waals surface area contributed by atoms with E-state index < -0.39 is 40.6 Å². The van der Waals surface area contributed by atoms with Crippen LogP contribution in [0.3, 0.4) is 0 Å². The molecule has 1 fully saturated rings. The van der Waals surface area contributed by atoms with E-state index in [0.29, 0.717) is 53.0 Å². The highest BCUT2D eigenvalue weighted by Crippen LogP contribution is 2.41. The number of aliphatic carboxylic acids is 1. The summed E-state index contributed by atoms with van der Waals surface area (Å²) in [5.41, 5.74) is 5.78. The van der Waals surface area contributed by atoms with Crippen molar-refractivity contribution in [3.8, 4) is 17.6 Å². The van der Waals surface area contributed by atoms with Gasteiger partial charge in [0.05, 0.1) is 30.1 Å². The van der Waals surface area contributed by atoms with Crippen LogP contribution in [0, 0.1) is 34.7 Å². The molecule has 0 saturated carbocycles. The van der Waals surface area contributed by atoms with Crippen LogP contribution in [0.4, 0.5) is 17.6 Å². The number of hydrogen-bond donors (Lipinski definition) is 2. The van der Waals surface area contributed by atoms with E-state index in [2.05, 4.69) is 16.8 Å². The van der Waals surface area contributed by atoms with E-state index >= 15 is 4.39 Å². The van der Waals surface area contributed by atoms with Crippen molar-refractivity contribution in [3.63, 3.8) is 0 Å². The van der Waals surface area contributed by atoms with Gasteiger partial charge in [0.25, 0.3) is 0 Å². The summed E-state index contributed by atoms with van der Waals surface area (Å²) >= 11 is 0. The molecule has 0 amide bonds. The number of nitrogens with zero attached hydrogens (tertiary/aromatic N) is 2. The quantitative estimate of drug-likeness (QED) is 0.303. The summed E-state index contributed by atoms with van der Waals surface area (Å²) in [5, 5.41) is 10.7. The molecule has 1 aliphatic heterocycles. The van der Waals surface area contributed by atoms with Crippen LogP contribution in [0.25, 0.3) is 10.9 Å². The minimum Gasteiger partial charge on any atom is -0.497 e. The number of nitrogens with two attached hydrogens (primary N) is 1. The van der Waals surface area contributed by atoms with Crippen molar-refractivity contribution in [1.82, 2.24) is 9.88 Å². The minimum atomic E-state index is -1.46. The molecule has 0 aliphatic carbocycles. The van der Waals surface area contributed by atoms with Crippen LogP contribution in [0.5, 0.6) is 5.75 Å². The molecule has 39 heavy (non-hydrogen) atoms. The summed E-state index contributed by atoms with van der Waals surface area (Å²) in [5.74, 6) is 1.44. The van der Waals surface area contributed by atoms with Crippen LogP contribution in [0.15, 0.2) is 36.5 Å². The summed E-state index contributed by atoms with van der Waals surface area (Å²) in [4.78, 5) is 18.6. The van der Waals surface area contributed by atoms with Gasteiger partial charge in [-0.15, -0.1) is 0 Å². The number of benzene rings is 2. The molecule has 206 valence electrons. The largest absolute Gasteiger partial charge is 0.497 e. The van der Waals surface area contributed by atoms with Gasteiger partial charge in [-0.25, -0.2) is 17.6 Å². The Bertz CT molecular complexity index is 1400. The number of halogens is 4. The first-order valence-corrected chi connectivity index (χ1v) is 12.6. The van der Waals surface area contributed by atoms with Gasteiger partial charge in [-0.1, -0.05) is 11.8 Å². The molecular weight excluding hydrogens is 514 g/mol. The maximum absolute atomic E-state index is 15.8. The number of likely N-dealkylation sites (tertiary alicyclic amines) is 1. The lowest BCUT2D eigenvalue weighted by molar-refractivity contribution is -0.152. The van der Waals surface area contributed by atoms with E-state index in [1.807, 2.05) is 4.90 Å². The SMILES string of the molecule is COc1ccc2ncc(CN)c(C(F)CCC3(C(=O)O)CCN(CC#Cc4c(F)cc(F)cc4F)CC3)c2c1. The standard InChI is InChI=1S/C29H29F4N3O3/c1-39-20-4-5-26-22(15-20)27(18(16-34)17-35-26)23(31)6-7-29(28(37)38)8-11-36(12-9-29)10-2-3-21-24(32)13-19(30)14-25(21)33/h4-5,13-15,17,23H,6-12,16,34H2,1H3,(H,37,38). The predicted molar refractivity (Wildman–Crippen MR) is 138 cm³/mol. The normalized spacial score (nSPS) is 15.9. The molecule has 0 spiro atoms. The van der Waals surface area contributed by atoms with E-state index in [1.165, 1.54) is 7.11 Å². The Labute approximate surface area is 223 Å². The Morgan fingerprint density at radius 1 is 1.21 bits per heavy atom. The van der Waals surface area contributed by atoms with Crippen LogP contribution in [-0.4, -0.2) is 47.7 Å². The Balaban J connectivity index is 1.44. The van der Waals surface area contributed by atoms with E-state index in [1.54, 1.807) is 24.4 Å². The first kappa shape index (κ1) is 28.3. The van der Waals surface area contributed by atoms with Gasteiger partial charge >= 0.3 is 5.97 Å². The van der Waals surface area contributed by atoms with Gasteiger partial charge in [0, 0.05) is 48.9 Å². The van der Waals surface area contributed by atoms with Gasteiger partial charge in [-0.05, 0) is 49.4 Å². The Hall–Kier alpha value is -3.68. The van der Waals surface area contributed by atoms with Gasteiger partial charge in [-0.3, -0.25) is 14.7 Å². The third kappa shape index (κ3) is 6.15. The Kier molecular flexibility index (Phi) is 8.73. The minimum absolute atomic E-state index is 0.0153. The van der Waals surface area contributed by atoms with Crippen LogP contribution in [0.1, 0.15) is 48.5 Å². The van der Waals surface area contributed by atoms with Crippen LogP contribution >= 0.6 is 0 Å². The molecule has 2 heterocycles. The first-order chi connectivity index (χ1) is 18.7. The number of carboxylic acids is 1. The molecule has 4 rings (SSSR count). The summed E-state index contributed by atoms with van der Waals surface area (Å²) in [6.45, 7) is 0.982. The highest BCUT2D eigenvalue weighted by molar-refractivity contribution is 5.85. The molecule has 1 saturated heterocycles. The van der Waals surface area contributed by atoms with Crippen molar-refractivity contribution < 1.29 is 32.2 Å². The average Bonchev–Trinajstić information content (AvgIpc) is 2.92. The van der Waals surface area contributed by atoms with Crippen LogP contribution in [0.2, 0.25) is 0 Å². The third-order valence-corrected chi connectivity index (χ3v) is 7.40. The number of ether oxygens (including phenoxy) is 1. The molecular formula is C29H29F4N3O3. The van der Waals surface area contributed by atoms with Crippen molar-refractivity contribution in [2.75, 3.05) is 26.7 Å². The predicted octanol–water partition coefficient (Wildman–Crippen LogP) is 5.13. The number of pyridine rings is 1. The fourth-order valence-electron chi connectivity index (χ4n) is 5.05. The van der Waals surface area contributed by atoms with Gasteiger partial charge in [0.2, 0.25) is 0 Å². The lowest BCUT2D eigenvalue weighted by Crippen LogP contribution is -2.44. The summed E-state index contributed by atoms with van der Waals surface area (Å²) < 4.78 is 61.8. The van der Waals surface area contributed by atoms with Crippen molar-refractivity contribution in [1.29, 1.82) is 0 Å². The molecule has 1 unspecified atom stereocenters. The lowest BCUT2D eigenvalue weighted by atomic mass is 9.74. The number of methoxy groups -OCH3 is 1. The van der Waals surface area contributed by atoms with Crippen LogP contribution < -0.4 is 10.5 Å². The van der Waals surface area contributed by atoms with Crippen LogP contribution in [-0.2, 0) is 11.3 Å². The molecule has 10 heteroatoms. The van der Waals surface area contributed by atoms with E-state index in [-0.39, 0.29) is 38.8 Å². The molecule has 1 atom stereocenters. The lowest BCUT2D eigenvalue weighted by Gasteiger charge is -2.38. The van der Waals surface area contributed by atoms with Crippen molar-refractivity contribution in [3.05, 3.63) is 70.7 Å². The maximum Gasteiger partial charge on any atom is 0.309 e. The molecule has 2 aromatic carbocycles. The Morgan fingerprint density at radius 3 is 2.51 bits per heavy atom. The summed E-state index contributed by atoms with van der Waals surface area (Å²) in [6.07, 6.45) is 0.731. The number of hydrogen-bond acceptors (Lipinski definition) is 5. The van der Waals surface area contributed by atoms with Gasteiger partial charge < -0.3 is 15.6 Å². The second-order valence-corrected chi connectivity index (χ2v) is 9.70. The topological polar surface area (TPSA) is 88.7 Å². The molecule has 1 aromatic heterocycles. The number of carbonyl (C=O) groups is 1. The molecule has 0 radical (unpaired) electrons. The number of fused-ring (bicyclic) bond motifs is 1. The Morgan fingerprint density at radius 2 is 1.90 bits per heavy atom. The number of alkyl halides is 1. The number of rotatable bonds is 8. The smallest absolute Gasteiger partial charge is 0.309 e. The van der Waals surface area contributed by atoms with Crippen molar-refractivity contribution >= 4 is 16.9 Å². The highest BCUT2D eigenvalue weighted by Gasteiger charge is 2.41. The second-order valence-electron chi connectivity index (χ2n) is 9.70. The third-order valence-electron chi connectivity index (χ3n) is 7.40. The first-order valence-electron chi connectivity index (χ1n) is 12.6. The second kappa shape index (κ2) is 12.0. The monoisotopic (exact) mass is 543 g/mol. The molecule has 3 aromatic rings. The van der Waals surface area contributed by atoms with E-state index in [0.717, 1.165) is 0 Å².